The number of hydrogen-bond donors (Lipinski definition) is 3. The molecule has 1 fully saturated rings. The molecule has 0 saturated carbocycles. The average Bonchev–Trinajstić information content (AvgIpc) is 3.48. The molecule has 4 N–H and O–H groups in total. The number of aliphatic carboxylic acids is 1. The number of carboxylic acid groups (broad SMARTS) is 1. The molecule has 35 heavy (non-hydrogen) atoms. The molecule has 0 radical (unpaired) electrons. The van der Waals surface area contributed by atoms with E-state index in [0.717, 1.165) is 16.7 Å². The van der Waals surface area contributed by atoms with Gasteiger partial charge in [0.2, 0.25) is 6.20 Å². The third-order valence-electron chi connectivity index (χ3n) is 5.53. The minimum atomic E-state index is -1.21. The Morgan fingerprint density at radius 2 is 2.29 bits per heavy atom. The van der Waals surface area contributed by atoms with Crippen molar-refractivity contribution in [1.82, 2.24) is 15.2 Å². The Morgan fingerprint density at radius 3 is 3.00 bits per heavy atom. The average molecular weight is 516 g/mol. The number of rotatable bonds is 7. The van der Waals surface area contributed by atoms with Gasteiger partial charge in [-0.05, 0) is 6.07 Å². The summed E-state index contributed by atoms with van der Waals surface area (Å²) in [6.07, 6.45) is 5.18. The molecule has 0 bridgehead atoms. The van der Waals surface area contributed by atoms with Crippen LogP contribution in [0.15, 0.2) is 57.0 Å². The van der Waals surface area contributed by atoms with Crippen LogP contribution in [-0.4, -0.2) is 62.8 Å². The SMILES string of the molecule is CO/N=C(\C(=O)N[C@@H]1C(=O)N2C(C(=O)O)=C(C[n+]3ccc4ccoc4c3)CS[C@H]12)c1csc(N)n1. The number of thioether (sulfide) groups is 1. The van der Waals surface area contributed by atoms with Crippen LogP contribution in [0.1, 0.15) is 5.69 Å². The van der Waals surface area contributed by atoms with E-state index in [1.807, 2.05) is 22.9 Å². The third kappa shape index (κ3) is 4.10. The predicted octanol–water partition coefficient (Wildman–Crippen LogP) is 0.548. The molecule has 180 valence electrons. The highest BCUT2D eigenvalue weighted by atomic mass is 32.2. The lowest BCUT2D eigenvalue weighted by Crippen LogP contribution is -2.71. The summed E-state index contributed by atoms with van der Waals surface area (Å²) < 4.78 is 7.22. The van der Waals surface area contributed by atoms with Crippen LogP contribution in [0.25, 0.3) is 11.0 Å². The third-order valence-corrected chi connectivity index (χ3v) is 7.54. The Bertz CT molecular complexity index is 1410. The molecule has 5 rings (SSSR count). The first-order valence-corrected chi connectivity index (χ1v) is 12.2. The summed E-state index contributed by atoms with van der Waals surface area (Å²) in [5.41, 5.74) is 6.90. The van der Waals surface area contributed by atoms with Gasteiger partial charge in [0, 0.05) is 28.2 Å². The van der Waals surface area contributed by atoms with E-state index in [1.54, 1.807) is 17.8 Å². The van der Waals surface area contributed by atoms with Gasteiger partial charge in [0.05, 0.1) is 6.26 Å². The maximum atomic E-state index is 13.0. The van der Waals surface area contributed by atoms with Crippen LogP contribution in [0.4, 0.5) is 5.13 Å². The Kier molecular flexibility index (Phi) is 5.90. The largest absolute Gasteiger partial charge is 0.477 e. The Morgan fingerprint density at radius 1 is 1.46 bits per heavy atom. The number of oxime groups is 1. The van der Waals surface area contributed by atoms with Gasteiger partial charge in [0.1, 0.15) is 29.9 Å². The van der Waals surface area contributed by atoms with Crippen LogP contribution in [-0.2, 0) is 25.8 Å². The maximum Gasteiger partial charge on any atom is 0.352 e. The molecule has 0 unspecified atom stereocenters. The van der Waals surface area contributed by atoms with Crippen molar-refractivity contribution < 1.29 is 33.3 Å². The highest BCUT2D eigenvalue weighted by Gasteiger charge is 2.54. The molecule has 2 aliphatic rings. The van der Waals surface area contributed by atoms with E-state index >= 15 is 0 Å². The molecule has 1 saturated heterocycles. The lowest BCUT2D eigenvalue weighted by Gasteiger charge is -2.49. The zero-order valence-corrected chi connectivity index (χ0v) is 19.8. The van der Waals surface area contributed by atoms with Crippen molar-refractivity contribution in [2.75, 3.05) is 18.6 Å². The number of carbonyl (C=O) groups excluding carboxylic acids is 2. The first-order chi connectivity index (χ1) is 16.9. The summed E-state index contributed by atoms with van der Waals surface area (Å²) >= 11 is 2.50. The van der Waals surface area contributed by atoms with Gasteiger partial charge in [0.25, 0.3) is 11.8 Å². The summed E-state index contributed by atoms with van der Waals surface area (Å²) in [5.74, 6) is -2.04. The van der Waals surface area contributed by atoms with E-state index in [1.165, 1.54) is 23.8 Å². The van der Waals surface area contributed by atoms with Gasteiger partial charge < -0.3 is 25.4 Å². The van der Waals surface area contributed by atoms with Crippen LogP contribution in [0.3, 0.4) is 0 Å². The van der Waals surface area contributed by atoms with Crippen molar-refractivity contribution in [3.05, 3.63) is 53.1 Å². The Hall–Kier alpha value is -3.91. The number of hydrogen-bond acceptors (Lipinski definition) is 10. The summed E-state index contributed by atoms with van der Waals surface area (Å²) in [6.45, 7) is 0.273. The molecule has 2 amide bonds. The highest BCUT2D eigenvalue weighted by Crippen LogP contribution is 2.40. The monoisotopic (exact) mass is 515 g/mol. The highest BCUT2D eigenvalue weighted by molar-refractivity contribution is 8.00. The number of furan rings is 1. The molecule has 12 nitrogen and oxygen atoms in total. The number of pyridine rings is 1. The number of carbonyl (C=O) groups is 3. The molecule has 0 aromatic carbocycles. The van der Waals surface area contributed by atoms with Gasteiger partial charge in [0.15, 0.2) is 29.2 Å². The first-order valence-electron chi connectivity index (χ1n) is 10.3. The number of amides is 2. The van der Waals surface area contributed by atoms with E-state index in [0.29, 0.717) is 16.9 Å². The fourth-order valence-electron chi connectivity index (χ4n) is 3.97. The molecular formula is C21H19N6O6S2+. The molecule has 14 heteroatoms. The lowest BCUT2D eigenvalue weighted by molar-refractivity contribution is -0.688. The number of nitrogens with one attached hydrogen (secondary N) is 1. The topological polar surface area (TPSA) is 164 Å². The van der Waals surface area contributed by atoms with Crippen molar-refractivity contribution in [3.8, 4) is 0 Å². The fourth-order valence-corrected chi connectivity index (χ4v) is 5.85. The summed E-state index contributed by atoms with van der Waals surface area (Å²) in [7, 11) is 1.28. The van der Waals surface area contributed by atoms with Crippen LogP contribution in [0.5, 0.6) is 0 Å². The number of β-lactam (4-membered cyclic amide) rings is 1. The Balaban J connectivity index is 1.36. The van der Waals surface area contributed by atoms with Gasteiger partial charge >= 0.3 is 5.97 Å². The number of fused-ring (bicyclic) bond motifs is 2. The molecule has 2 aliphatic heterocycles. The second-order valence-electron chi connectivity index (χ2n) is 7.67. The normalized spacial score (nSPS) is 20.0. The molecule has 0 spiro atoms. The number of thiazole rings is 1. The number of nitrogens with zero attached hydrogens (tertiary/aromatic N) is 4. The number of nitrogens with two attached hydrogens (primary N) is 1. The number of carboxylic acids is 1. The zero-order chi connectivity index (χ0) is 24.7. The van der Waals surface area contributed by atoms with Gasteiger partial charge in [-0.2, -0.15) is 4.57 Å². The van der Waals surface area contributed by atoms with Crippen LogP contribution in [0, 0.1) is 0 Å². The number of nitrogen functional groups attached to an aromatic ring is 1. The van der Waals surface area contributed by atoms with Crippen LogP contribution in [0.2, 0.25) is 0 Å². The van der Waals surface area contributed by atoms with Crippen molar-refractivity contribution in [1.29, 1.82) is 0 Å². The van der Waals surface area contributed by atoms with E-state index in [4.69, 9.17) is 15.0 Å². The second-order valence-corrected chi connectivity index (χ2v) is 9.66. The minimum Gasteiger partial charge on any atom is -0.477 e. The van der Waals surface area contributed by atoms with Gasteiger partial charge in [-0.1, -0.05) is 5.16 Å². The van der Waals surface area contributed by atoms with E-state index in [-0.39, 0.29) is 28.8 Å². The number of aromatic nitrogens is 2. The fraction of sp³-hybridized carbons (Fsp3) is 0.238. The minimum absolute atomic E-state index is 0.0747. The zero-order valence-electron chi connectivity index (χ0n) is 18.2. The Labute approximate surface area is 206 Å². The summed E-state index contributed by atoms with van der Waals surface area (Å²) in [4.78, 5) is 48.0. The standard InChI is InChI=1S/C21H18N6O6S2/c1-32-25-14(12-9-35-21(22)23-12)17(28)24-15-18(29)27-16(20(30)31)11(8-34-19(15)27)6-26-4-2-10-3-5-33-13(10)7-26/h2-5,7,9,15,19H,6,8H2,1H3,(H3-,22,23,24,28,30,31)/p+1/b25-14-/t15-,19-/m1/s1. The van der Waals surface area contributed by atoms with Crippen molar-refractivity contribution >= 4 is 62.7 Å². The van der Waals surface area contributed by atoms with Gasteiger partial charge in [-0.3, -0.25) is 14.5 Å². The van der Waals surface area contributed by atoms with E-state index in [2.05, 4.69) is 15.5 Å². The second kappa shape index (κ2) is 9.03. The lowest BCUT2D eigenvalue weighted by atomic mass is 10.0. The predicted molar refractivity (Wildman–Crippen MR) is 126 cm³/mol. The molecule has 2 atom stereocenters. The summed E-state index contributed by atoms with van der Waals surface area (Å²) in [6, 6.07) is 2.78. The van der Waals surface area contributed by atoms with Gasteiger partial charge in [-0.25, -0.2) is 9.78 Å². The van der Waals surface area contributed by atoms with Crippen molar-refractivity contribution in [3.63, 3.8) is 0 Å². The van der Waals surface area contributed by atoms with E-state index in [9.17, 15) is 19.5 Å². The van der Waals surface area contributed by atoms with Crippen molar-refractivity contribution in [2.45, 2.75) is 18.0 Å². The molecule has 3 aromatic heterocycles. The first kappa shape index (κ1) is 22.9. The maximum absolute atomic E-state index is 13.0. The summed E-state index contributed by atoms with van der Waals surface area (Å²) in [5, 5.41) is 18.4. The molecule has 3 aromatic rings. The molecular weight excluding hydrogens is 496 g/mol. The van der Waals surface area contributed by atoms with Crippen molar-refractivity contribution in [2.24, 2.45) is 5.16 Å². The van der Waals surface area contributed by atoms with E-state index < -0.39 is 29.2 Å². The van der Waals surface area contributed by atoms with Crippen LogP contribution < -0.4 is 15.6 Å². The molecule has 0 aliphatic carbocycles. The molecule has 5 heterocycles. The number of anilines is 1. The van der Waals surface area contributed by atoms with Gasteiger partial charge in [-0.15, -0.1) is 23.1 Å². The smallest absolute Gasteiger partial charge is 0.352 e. The van der Waals surface area contributed by atoms with Crippen LogP contribution >= 0.6 is 23.1 Å². The quantitative estimate of drug-likeness (QED) is 0.176.